The smallest absolute Gasteiger partial charge is 0.313 e. The predicted molar refractivity (Wildman–Crippen MR) is 119 cm³/mol. The van der Waals surface area contributed by atoms with Crippen LogP contribution in [0.1, 0.15) is 18.4 Å². The second kappa shape index (κ2) is 11.0. The van der Waals surface area contributed by atoms with E-state index in [-0.39, 0.29) is 6.54 Å². The largest absolute Gasteiger partial charge is 0.493 e. The Morgan fingerprint density at radius 3 is 2.13 bits per heavy atom. The highest BCUT2D eigenvalue weighted by molar-refractivity contribution is 6.39. The lowest BCUT2D eigenvalue weighted by atomic mass is 9.74. The lowest BCUT2D eigenvalue weighted by Gasteiger charge is -2.33. The first kappa shape index (κ1) is 23.7. The summed E-state index contributed by atoms with van der Waals surface area (Å²) in [5.74, 6) is -0.943. The van der Waals surface area contributed by atoms with Crippen LogP contribution in [0.2, 0.25) is 0 Å². The van der Waals surface area contributed by atoms with Crippen molar-refractivity contribution in [3.8, 4) is 11.5 Å². The number of carbonyl (C=O) groups is 2. The van der Waals surface area contributed by atoms with E-state index < -0.39 is 23.0 Å². The number of hydrogen-bond acceptors (Lipinski definition) is 4. The first-order valence-electron chi connectivity index (χ1n) is 9.68. The maximum Gasteiger partial charge on any atom is 0.313 e. The minimum atomic E-state index is -0.843. The van der Waals surface area contributed by atoms with Crippen LogP contribution >= 0.6 is 0 Å². The quantitative estimate of drug-likeness (QED) is 0.445. The highest BCUT2D eigenvalue weighted by atomic mass is 19.1. The van der Waals surface area contributed by atoms with Crippen molar-refractivity contribution in [3.05, 3.63) is 79.2 Å². The minimum Gasteiger partial charge on any atom is -0.493 e. The number of anilines is 1. The van der Waals surface area contributed by atoms with E-state index in [2.05, 4.69) is 23.8 Å². The Balaban J connectivity index is 2.22. The molecule has 2 aromatic carbocycles. The molecule has 2 amide bonds. The number of allylic oxidation sites excluding steroid dienone is 2. The number of amides is 2. The maximum absolute atomic E-state index is 13.0. The van der Waals surface area contributed by atoms with Crippen LogP contribution in [0.4, 0.5) is 10.1 Å². The van der Waals surface area contributed by atoms with Crippen LogP contribution in [-0.2, 0) is 15.0 Å². The number of nitrogens with one attached hydrogen (secondary N) is 2. The topological polar surface area (TPSA) is 76.7 Å². The Kier molecular flexibility index (Phi) is 8.37. The van der Waals surface area contributed by atoms with Crippen molar-refractivity contribution in [1.82, 2.24) is 5.32 Å². The molecule has 0 bridgehead atoms. The van der Waals surface area contributed by atoms with Crippen molar-refractivity contribution in [1.29, 1.82) is 0 Å². The SMILES string of the molecule is C=CCC(CC=C)(CNC(=O)C(=O)Nc1ccc(F)cc1)c1ccc(OC)c(OC)c1. The van der Waals surface area contributed by atoms with Crippen LogP contribution in [0.25, 0.3) is 0 Å². The zero-order valence-electron chi connectivity index (χ0n) is 17.7. The Hall–Kier alpha value is -3.61. The molecule has 2 aromatic rings. The number of halogens is 1. The number of rotatable bonds is 10. The summed E-state index contributed by atoms with van der Waals surface area (Å²) >= 11 is 0. The van der Waals surface area contributed by atoms with Crippen molar-refractivity contribution in [3.63, 3.8) is 0 Å². The van der Waals surface area contributed by atoms with Gasteiger partial charge < -0.3 is 20.1 Å². The summed E-state index contributed by atoms with van der Waals surface area (Å²) in [4.78, 5) is 24.7. The second-order valence-corrected chi connectivity index (χ2v) is 6.98. The number of ether oxygens (including phenoxy) is 2. The van der Waals surface area contributed by atoms with Crippen molar-refractivity contribution >= 4 is 17.5 Å². The normalized spacial score (nSPS) is 10.7. The third-order valence-corrected chi connectivity index (χ3v) is 4.96. The minimum absolute atomic E-state index is 0.163. The van der Waals surface area contributed by atoms with Gasteiger partial charge in [-0.3, -0.25) is 9.59 Å². The van der Waals surface area contributed by atoms with Crippen LogP contribution in [0.3, 0.4) is 0 Å². The van der Waals surface area contributed by atoms with E-state index >= 15 is 0 Å². The summed E-state index contributed by atoms with van der Waals surface area (Å²) in [7, 11) is 3.10. The van der Waals surface area contributed by atoms with Crippen LogP contribution in [0, 0.1) is 5.82 Å². The molecule has 164 valence electrons. The van der Waals surface area contributed by atoms with E-state index in [0.29, 0.717) is 30.0 Å². The highest BCUT2D eigenvalue weighted by Gasteiger charge is 2.32. The zero-order chi connectivity index (χ0) is 22.9. The number of carbonyl (C=O) groups excluding carboxylic acids is 2. The van der Waals surface area contributed by atoms with Gasteiger partial charge in [0.15, 0.2) is 11.5 Å². The zero-order valence-corrected chi connectivity index (χ0v) is 17.7. The Morgan fingerprint density at radius 1 is 0.968 bits per heavy atom. The van der Waals surface area contributed by atoms with Crippen molar-refractivity contribution in [2.45, 2.75) is 18.3 Å². The lowest BCUT2D eigenvalue weighted by Crippen LogP contribution is -2.44. The summed E-state index contributed by atoms with van der Waals surface area (Å²) in [5.41, 5.74) is 0.614. The molecule has 0 radical (unpaired) electrons. The van der Waals surface area contributed by atoms with E-state index in [1.165, 1.54) is 24.3 Å². The van der Waals surface area contributed by atoms with Gasteiger partial charge in [0.2, 0.25) is 0 Å². The van der Waals surface area contributed by atoms with Gasteiger partial charge in [0.25, 0.3) is 0 Å². The van der Waals surface area contributed by atoms with Gasteiger partial charge in [0.1, 0.15) is 5.82 Å². The predicted octanol–water partition coefficient (Wildman–Crippen LogP) is 3.99. The summed E-state index contributed by atoms with van der Waals surface area (Å²) < 4.78 is 23.7. The van der Waals surface area contributed by atoms with Crippen molar-refractivity contribution < 1.29 is 23.5 Å². The second-order valence-electron chi connectivity index (χ2n) is 6.98. The molecule has 0 saturated heterocycles. The summed E-state index contributed by atoms with van der Waals surface area (Å²) in [6, 6.07) is 10.7. The maximum atomic E-state index is 13.0. The first-order chi connectivity index (χ1) is 14.9. The van der Waals surface area contributed by atoms with Crippen LogP contribution in [0.15, 0.2) is 67.8 Å². The fourth-order valence-electron chi connectivity index (χ4n) is 3.33. The van der Waals surface area contributed by atoms with Gasteiger partial charge in [-0.25, -0.2) is 4.39 Å². The molecule has 0 fully saturated rings. The van der Waals surface area contributed by atoms with Crippen LogP contribution < -0.4 is 20.1 Å². The van der Waals surface area contributed by atoms with Gasteiger partial charge in [0.05, 0.1) is 14.2 Å². The molecule has 0 spiro atoms. The first-order valence-corrected chi connectivity index (χ1v) is 9.68. The molecular weight excluding hydrogens is 399 g/mol. The van der Waals surface area contributed by atoms with Gasteiger partial charge in [-0.05, 0) is 54.8 Å². The standard InChI is InChI=1S/C24H27FN2O4/c1-5-13-24(14-6-2,17-7-12-20(30-3)21(15-17)31-4)16-26-22(28)23(29)27-19-10-8-18(25)9-11-19/h5-12,15H,1-2,13-14,16H2,3-4H3,(H,26,28)(H,27,29). The fraction of sp³-hybridized carbons (Fsp3) is 0.250. The summed E-state index contributed by atoms with van der Waals surface area (Å²) in [5, 5.41) is 5.14. The molecular formula is C24H27FN2O4. The number of methoxy groups -OCH3 is 2. The molecule has 0 aliphatic carbocycles. The third-order valence-electron chi connectivity index (χ3n) is 4.96. The monoisotopic (exact) mass is 426 g/mol. The molecule has 6 nitrogen and oxygen atoms in total. The molecule has 0 atom stereocenters. The van der Waals surface area contributed by atoms with E-state index in [9.17, 15) is 14.0 Å². The third kappa shape index (κ3) is 5.94. The molecule has 0 aliphatic rings. The van der Waals surface area contributed by atoms with Gasteiger partial charge in [-0.15, -0.1) is 13.2 Å². The average Bonchev–Trinajstić information content (AvgIpc) is 2.78. The average molecular weight is 426 g/mol. The molecule has 7 heteroatoms. The fourth-order valence-corrected chi connectivity index (χ4v) is 3.33. The molecule has 2 N–H and O–H groups in total. The van der Waals surface area contributed by atoms with Crippen LogP contribution in [0.5, 0.6) is 11.5 Å². The highest BCUT2D eigenvalue weighted by Crippen LogP contribution is 2.37. The lowest BCUT2D eigenvalue weighted by molar-refractivity contribution is -0.136. The van der Waals surface area contributed by atoms with Gasteiger partial charge >= 0.3 is 11.8 Å². The Morgan fingerprint density at radius 2 is 1.58 bits per heavy atom. The number of benzene rings is 2. The molecule has 0 heterocycles. The van der Waals surface area contributed by atoms with E-state index in [1.807, 2.05) is 12.1 Å². The van der Waals surface area contributed by atoms with Gasteiger partial charge in [-0.1, -0.05) is 18.2 Å². The molecule has 0 aliphatic heterocycles. The van der Waals surface area contributed by atoms with E-state index in [0.717, 1.165) is 5.56 Å². The van der Waals surface area contributed by atoms with E-state index in [4.69, 9.17) is 9.47 Å². The van der Waals surface area contributed by atoms with Crippen molar-refractivity contribution in [2.75, 3.05) is 26.1 Å². The Bertz CT molecular complexity index is 931. The number of hydrogen-bond donors (Lipinski definition) is 2. The van der Waals surface area contributed by atoms with Crippen LogP contribution in [-0.4, -0.2) is 32.6 Å². The van der Waals surface area contributed by atoms with Gasteiger partial charge in [0, 0.05) is 17.6 Å². The summed E-state index contributed by atoms with van der Waals surface area (Å²) in [6.45, 7) is 7.85. The summed E-state index contributed by atoms with van der Waals surface area (Å²) in [6.07, 6.45) is 4.55. The molecule has 0 saturated carbocycles. The van der Waals surface area contributed by atoms with E-state index in [1.54, 1.807) is 32.4 Å². The molecule has 0 aromatic heterocycles. The molecule has 0 unspecified atom stereocenters. The Labute approximate surface area is 181 Å². The molecule has 31 heavy (non-hydrogen) atoms. The van der Waals surface area contributed by atoms with Gasteiger partial charge in [-0.2, -0.15) is 0 Å². The molecule has 2 rings (SSSR count). The van der Waals surface area contributed by atoms with Crippen molar-refractivity contribution in [2.24, 2.45) is 0 Å².